The van der Waals surface area contributed by atoms with E-state index in [-0.39, 0.29) is 0 Å². The van der Waals surface area contributed by atoms with E-state index in [9.17, 15) is 0 Å². The molecule has 1 atom stereocenters. The molecular weight excluding hydrogens is 254 g/mol. The normalized spacial score (nSPS) is 19.5. The molecule has 0 unspecified atom stereocenters. The summed E-state index contributed by atoms with van der Waals surface area (Å²) in [6, 6.07) is 21.8. The minimum Gasteiger partial charge on any atom is -0.299 e. The molecule has 2 aromatic rings. The number of hydrogen-bond donors (Lipinski definition) is 0. The maximum absolute atomic E-state index is 2.63. The van der Waals surface area contributed by atoms with Crippen LogP contribution < -0.4 is 0 Å². The first-order chi connectivity index (χ1) is 10.4. The summed E-state index contributed by atoms with van der Waals surface area (Å²) in [7, 11) is 0. The van der Waals surface area contributed by atoms with Gasteiger partial charge in [-0.3, -0.25) is 4.90 Å². The molecule has 21 heavy (non-hydrogen) atoms. The van der Waals surface area contributed by atoms with E-state index in [1.807, 2.05) is 0 Å². The number of benzene rings is 2. The number of hydrogen-bond acceptors (Lipinski definition) is 1. The predicted molar refractivity (Wildman–Crippen MR) is 89.2 cm³/mol. The number of nitrogens with zero attached hydrogens (tertiary/aromatic N) is 1. The monoisotopic (exact) mass is 279 g/mol. The molecule has 0 saturated carbocycles. The third-order valence-electron chi connectivity index (χ3n) is 4.54. The topological polar surface area (TPSA) is 3.24 Å². The van der Waals surface area contributed by atoms with Crippen molar-refractivity contribution in [1.29, 1.82) is 0 Å². The average molecular weight is 279 g/mol. The summed E-state index contributed by atoms with van der Waals surface area (Å²) in [5.41, 5.74) is 2.93. The maximum atomic E-state index is 2.63. The first kappa shape index (κ1) is 14.3. The van der Waals surface area contributed by atoms with Crippen LogP contribution in [0.1, 0.15) is 30.4 Å². The van der Waals surface area contributed by atoms with Crippen LogP contribution in [0.3, 0.4) is 0 Å². The average Bonchev–Trinajstić information content (AvgIpc) is 2.55. The molecule has 1 aliphatic rings. The SMILES string of the molecule is c1ccc(CC[C@@H]2CCCN(Cc3ccccc3)C2)cc1. The quantitative estimate of drug-likeness (QED) is 0.777. The van der Waals surface area contributed by atoms with E-state index in [1.54, 1.807) is 0 Å². The van der Waals surface area contributed by atoms with E-state index < -0.39 is 0 Å². The molecule has 0 amide bonds. The van der Waals surface area contributed by atoms with Crippen LogP contribution in [-0.4, -0.2) is 18.0 Å². The fraction of sp³-hybridized carbons (Fsp3) is 0.400. The summed E-state index contributed by atoms with van der Waals surface area (Å²) in [6.45, 7) is 3.64. The van der Waals surface area contributed by atoms with Crippen LogP contribution in [0, 0.1) is 5.92 Å². The Balaban J connectivity index is 1.49. The van der Waals surface area contributed by atoms with Crippen LogP contribution in [0.5, 0.6) is 0 Å². The Bertz CT molecular complexity index is 520. The van der Waals surface area contributed by atoms with Crippen molar-refractivity contribution >= 4 is 0 Å². The highest BCUT2D eigenvalue weighted by Crippen LogP contribution is 2.22. The van der Waals surface area contributed by atoms with Gasteiger partial charge in [-0.2, -0.15) is 0 Å². The molecule has 1 nitrogen and oxygen atoms in total. The molecule has 2 aromatic carbocycles. The lowest BCUT2D eigenvalue weighted by molar-refractivity contribution is 0.162. The second-order valence-corrected chi connectivity index (χ2v) is 6.25. The van der Waals surface area contributed by atoms with Gasteiger partial charge in [0, 0.05) is 13.1 Å². The first-order valence-electron chi connectivity index (χ1n) is 8.20. The number of aryl methyl sites for hydroxylation is 1. The molecule has 0 aromatic heterocycles. The molecule has 1 saturated heterocycles. The van der Waals surface area contributed by atoms with Crippen molar-refractivity contribution < 1.29 is 0 Å². The lowest BCUT2D eigenvalue weighted by atomic mass is 9.91. The van der Waals surface area contributed by atoms with E-state index in [1.165, 1.54) is 49.9 Å². The Hall–Kier alpha value is -1.60. The number of likely N-dealkylation sites (tertiary alicyclic amines) is 1. The molecule has 0 N–H and O–H groups in total. The van der Waals surface area contributed by atoms with E-state index in [4.69, 9.17) is 0 Å². The standard InChI is InChI=1S/C20H25N/c1-3-8-18(9-4-1)13-14-20-12-7-15-21(17-20)16-19-10-5-2-6-11-19/h1-6,8-11,20H,7,12-17H2/t20-/m0/s1. The molecule has 1 heterocycles. The zero-order chi connectivity index (χ0) is 14.3. The van der Waals surface area contributed by atoms with Crippen molar-refractivity contribution in [2.24, 2.45) is 5.92 Å². The molecule has 1 aliphatic heterocycles. The van der Waals surface area contributed by atoms with Gasteiger partial charge < -0.3 is 0 Å². The summed E-state index contributed by atoms with van der Waals surface area (Å²) in [5.74, 6) is 0.864. The molecule has 1 heteroatoms. The highest BCUT2D eigenvalue weighted by molar-refractivity contribution is 5.15. The van der Waals surface area contributed by atoms with Crippen LogP contribution >= 0.6 is 0 Å². The summed E-state index contributed by atoms with van der Waals surface area (Å²) in [6.07, 6.45) is 5.31. The minimum atomic E-state index is 0.864. The van der Waals surface area contributed by atoms with Gasteiger partial charge in [-0.1, -0.05) is 60.7 Å². The van der Waals surface area contributed by atoms with Crippen molar-refractivity contribution in [2.45, 2.75) is 32.2 Å². The van der Waals surface area contributed by atoms with Crippen molar-refractivity contribution in [2.75, 3.05) is 13.1 Å². The van der Waals surface area contributed by atoms with Crippen LogP contribution in [0.2, 0.25) is 0 Å². The Morgan fingerprint density at radius 1 is 0.857 bits per heavy atom. The molecule has 3 rings (SSSR count). The second-order valence-electron chi connectivity index (χ2n) is 6.25. The van der Waals surface area contributed by atoms with E-state index in [2.05, 4.69) is 65.6 Å². The molecule has 0 aliphatic carbocycles. The summed E-state index contributed by atoms with van der Waals surface area (Å²) >= 11 is 0. The third-order valence-corrected chi connectivity index (χ3v) is 4.54. The van der Waals surface area contributed by atoms with Gasteiger partial charge in [0.2, 0.25) is 0 Å². The van der Waals surface area contributed by atoms with Gasteiger partial charge in [0.1, 0.15) is 0 Å². The van der Waals surface area contributed by atoms with Crippen LogP contribution in [0.15, 0.2) is 60.7 Å². The van der Waals surface area contributed by atoms with E-state index in [0.29, 0.717) is 0 Å². The maximum Gasteiger partial charge on any atom is 0.0233 e. The first-order valence-corrected chi connectivity index (χ1v) is 8.20. The van der Waals surface area contributed by atoms with Crippen LogP contribution in [-0.2, 0) is 13.0 Å². The lowest BCUT2D eigenvalue weighted by Crippen LogP contribution is -2.35. The van der Waals surface area contributed by atoms with Crippen molar-refractivity contribution in [3.8, 4) is 0 Å². The molecule has 110 valence electrons. The highest BCUT2D eigenvalue weighted by atomic mass is 15.1. The minimum absolute atomic E-state index is 0.864. The molecule has 0 spiro atoms. The van der Waals surface area contributed by atoms with Gasteiger partial charge in [0.05, 0.1) is 0 Å². The van der Waals surface area contributed by atoms with Gasteiger partial charge in [0.25, 0.3) is 0 Å². The summed E-state index contributed by atoms with van der Waals surface area (Å²) < 4.78 is 0. The number of piperidine rings is 1. The predicted octanol–water partition coefficient (Wildman–Crippen LogP) is 4.53. The van der Waals surface area contributed by atoms with Gasteiger partial charge in [-0.05, 0) is 49.3 Å². The smallest absolute Gasteiger partial charge is 0.0233 e. The van der Waals surface area contributed by atoms with Crippen molar-refractivity contribution in [3.63, 3.8) is 0 Å². The van der Waals surface area contributed by atoms with Crippen LogP contribution in [0.4, 0.5) is 0 Å². The lowest BCUT2D eigenvalue weighted by Gasteiger charge is -2.32. The van der Waals surface area contributed by atoms with E-state index >= 15 is 0 Å². The molecule has 1 fully saturated rings. The second kappa shape index (κ2) is 7.42. The fourth-order valence-electron chi connectivity index (χ4n) is 3.39. The summed E-state index contributed by atoms with van der Waals surface area (Å²) in [5, 5.41) is 0. The molecule has 0 radical (unpaired) electrons. The Labute approximate surface area is 128 Å². The number of rotatable bonds is 5. The highest BCUT2D eigenvalue weighted by Gasteiger charge is 2.19. The van der Waals surface area contributed by atoms with Crippen molar-refractivity contribution in [3.05, 3.63) is 71.8 Å². The van der Waals surface area contributed by atoms with Gasteiger partial charge in [-0.25, -0.2) is 0 Å². The van der Waals surface area contributed by atoms with Gasteiger partial charge in [0.15, 0.2) is 0 Å². The molecular formula is C20H25N. The van der Waals surface area contributed by atoms with Gasteiger partial charge in [-0.15, -0.1) is 0 Å². The fourth-order valence-corrected chi connectivity index (χ4v) is 3.39. The van der Waals surface area contributed by atoms with E-state index in [0.717, 1.165) is 12.5 Å². The largest absolute Gasteiger partial charge is 0.299 e. The zero-order valence-electron chi connectivity index (χ0n) is 12.7. The zero-order valence-corrected chi connectivity index (χ0v) is 12.7. The third kappa shape index (κ3) is 4.44. The van der Waals surface area contributed by atoms with Crippen molar-refractivity contribution in [1.82, 2.24) is 4.90 Å². The Kier molecular flexibility index (Phi) is 5.07. The molecule has 0 bridgehead atoms. The Morgan fingerprint density at radius 3 is 2.24 bits per heavy atom. The Morgan fingerprint density at radius 2 is 1.52 bits per heavy atom. The van der Waals surface area contributed by atoms with Crippen LogP contribution in [0.25, 0.3) is 0 Å². The summed E-state index contributed by atoms with van der Waals surface area (Å²) in [4.78, 5) is 2.63. The van der Waals surface area contributed by atoms with Gasteiger partial charge >= 0.3 is 0 Å².